The van der Waals surface area contributed by atoms with Gasteiger partial charge in [0.05, 0.1) is 32.3 Å². The van der Waals surface area contributed by atoms with Gasteiger partial charge < -0.3 is 30.7 Å². The average molecular weight is 592 g/mol. The quantitative estimate of drug-likeness (QED) is 0.245. The van der Waals surface area contributed by atoms with Crippen molar-refractivity contribution in [3.63, 3.8) is 0 Å². The molecule has 0 bridgehead atoms. The number of nitrogens with two attached hydrogens (primary N) is 1. The first-order chi connectivity index (χ1) is 20.2. The van der Waals surface area contributed by atoms with Crippen LogP contribution in [-0.4, -0.2) is 66.6 Å². The monoisotopic (exact) mass is 591 g/mol. The minimum Gasteiger partial charge on any atom is -0.384 e. The van der Waals surface area contributed by atoms with Gasteiger partial charge in [0.25, 0.3) is 5.91 Å². The van der Waals surface area contributed by atoms with Gasteiger partial charge >= 0.3 is 0 Å². The van der Waals surface area contributed by atoms with Crippen LogP contribution in [0, 0.1) is 5.41 Å². The van der Waals surface area contributed by atoms with E-state index in [9.17, 15) is 18.8 Å². The van der Waals surface area contributed by atoms with Crippen LogP contribution >= 0.6 is 11.3 Å². The number of halogens is 1. The summed E-state index contributed by atoms with van der Waals surface area (Å²) in [5.74, 6) is -2.46. The summed E-state index contributed by atoms with van der Waals surface area (Å²) in [7, 11) is 0. The highest BCUT2D eigenvalue weighted by Crippen LogP contribution is 2.45. The Balaban J connectivity index is 1.14. The van der Waals surface area contributed by atoms with Crippen LogP contribution in [0.25, 0.3) is 11.1 Å². The number of hydrogen-bond donors (Lipinski definition) is 4. The van der Waals surface area contributed by atoms with E-state index in [-0.39, 0.29) is 37.3 Å². The number of carbonyl (C=O) groups is 3. The van der Waals surface area contributed by atoms with Crippen LogP contribution in [0.5, 0.6) is 0 Å². The van der Waals surface area contributed by atoms with Crippen molar-refractivity contribution in [3.05, 3.63) is 81.0 Å². The molecule has 2 unspecified atom stereocenters. The minimum absolute atomic E-state index is 0.0508. The number of fused-ring (bicyclic) bond motifs is 3. The first kappa shape index (κ1) is 28.0. The van der Waals surface area contributed by atoms with E-state index in [0.29, 0.717) is 41.0 Å². The summed E-state index contributed by atoms with van der Waals surface area (Å²) in [4.78, 5) is 42.1. The Bertz CT molecular complexity index is 1590. The van der Waals surface area contributed by atoms with Gasteiger partial charge in [-0.3, -0.25) is 19.8 Å². The van der Waals surface area contributed by atoms with Gasteiger partial charge in [0.1, 0.15) is 11.9 Å². The second kappa shape index (κ2) is 10.9. The fourth-order valence-corrected chi connectivity index (χ4v) is 6.70. The summed E-state index contributed by atoms with van der Waals surface area (Å²) in [6.45, 7) is 2.23. The van der Waals surface area contributed by atoms with Crippen LogP contribution in [0.4, 0.5) is 4.39 Å². The van der Waals surface area contributed by atoms with Crippen molar-refractivity contribution >= 4 is 34.9 Å². The van der Waals surface area contributed by atoms with E-state index in [0.717, 1.165) is 10.4 Å². The number of likely N-dealkylation sites (tertiary alicyclic amines) is 1. The maximum Gasteiger partial charge on any atom is 0.251 e. The summed E-state index contributed by atoms with van der Waals surface area (Å²) < 4.78 is 26.5. The fourth-order valence-electron chi connectivity index (χ4n) is 5.79. The zero-order valence-electron chi connectivity index (χ0n) is 22.8. The van der Waals surface area contributed by atoms with Gasteiger partial charge in [-0.25, -0.2) is 4.39 Å². The lowest BCUT2D eigenvalue weighted by Crippen LogP contribution is -2.49. The van der Waals surface area contributed by atoms with Crippen LogP contribution in [0.3, 0.4) is 0 Å². The maximum atomic E-state index is 14.9. The Labute approximate surface area is 245 Å². The number of amidine groups is 1. The molecule has 1 aromatic heterocycles. The third-order valence-electron chi connectivity index (χ3n) is 7.96. The Morgan fingerprint density at radius 3 is 2.60 bits per heavy atom. The fraction of sp³-hybridized carbons (Fsp3) is 0.333. The van der Waals surface area contributed by atoms with Gasteiger partial charge in [0, 0.05) is 27.8 Å². The number of nitrogen functional groups attached to an aromatic ring is 1. The van der Waals surface area contributed by atoms with Crippen LogP contribution < -0.4 is 16.4 Å². The third kappa shape index (κ3) is 5.06. The minimum atomic E-state index is -1.25. The number of nitrogens with one attached hydrogen (secondary N) is 3. The molecule has 10 nitrogen and oxygen atoms in total. The predicted molar refractivity (Wildman–Crippen MR) is 154 cm³/mol. The van der Waals surface area contributed by atoms with Gasteiger partial charge in [0.15, 0.2) is 12.0 Å². The molecule has 3 heterocycles. The molecule has 2 saturated heterocycles. The van der Waals surface area contributed by atoms with Crippen molar-refractivity contribution in [3.8, 4) is 11.1 Å². The molecular formula is C30H30FN5O5S. The second-order valence-corrected chi connectivity index (χ2v) is 11.6. The van der Waals surface area contributed by atoms with Gasteiger partial charge in [-0.15, -0.1) is 11.3 Å². The smallest absolute Gasteiger partial charge is 0.251 e. The van der Waals surface area contributed by atoms with E-state index < -0.39 is 29.8 Å². The number of thiophene rings is 1. The lowest BCUT2D eigenvalue weighted by molar-refractivity contribution is -0.152. The Kier molecular flexibility index (Phi) is 7.29. The zero-order valence-corrected chi connectivity index (χ0v) is 23.6. The van der Waals surface area contributed by atoms with E-state index in [1.165, 1.54) is 16.2 Å². The van der Waals surface area contributed by atoms with Gasteiger partial charge in [-0.1, -0.05) is 30.3 Å². The molecule has 6 rings (SSSR count). The third-order valence-corrected chi connectivity index (χ3v) is 9.07. The van der Waals surface area contributed by atoms with Gasteiger partial charge in [-0.2, -0.15) is 0 Å². The van der Waals surface area contributed by atoms with Crippen LogP contribution in [0.15, 0.2) is 53.9 Å². The molecule has 3 aromatic rings. The molecule has 3 aliphatic rings. The number of carbonyl (C=O) groups excluding carboxylic acids is 3. The maximum absolute atomic E-state index is 14.9. The van der Waals surface area contributed by atoms with Crippen molar-refractivity contribution in [2.75, 3.05) is 26.3 Å². The number of alkyl halides is 1. The molecule has 218 valence electrons. The number of rotatable bonds is 7. The molecule has 3 atom stereocenters. The van der Waals surface area contributed by atoms with Crippen molar-refractivity contribution < 1.29 is 28.2 Å². The van der Waals surface area contributed by atoms with E-state index in [1.54, 1.807) is 41.8 Å². The van der Waals surface area contributed by atoms with Crippen LogP contribution in [0.1, 0.15) is 57.5 Å². The summed E-state index contributed by atoms with van der Waals surface area (Å²) in [5.41, 5.74) is 8.91. The molecule has 12 heteroatoms. The first-order valence-electron chi connectivity index (χ1n) is 13.6. The largest absolute Gasteiger partial charge is 0.384 e. The summed E-state index contributed by atoms with van der Waals surface area (Å²) in [6.07, 6.45) is -1.09. The van der Waals surface area contributed by atoms with Gasteiger partial charge in [-0.05, 0) is 47.4 Å². The molecule has 2 fully saturated rings. The standard InChI is InChI=1S/C30H30FN5O5S/c1-16(24-11-18(14-42-24)27(32)33)35-29(39)23-12-30(40-8-9-41-30)15-36(23)25(37)13-34-28(38)17-6-7-21-22(10-17)19-4-2-3-5-20(19)26(21)31/h2-7,10-11,14,16,23,26H,8-9,12-13,15H2,1H3,(H3,32,33)(H,34,38)(H,35,39)/t16?,23-,26?/m0/s1. The van der Waals surface area contributed by atoms with Crippen molar-refractivity contribution in [2.24, 2.45) is 5.73 Å². The summed E-state index contributed by atoms with van der Waals surface area (Å²) in [5, 5.41) is 15.0. The van der Waals surface area contributed by atoms with Gasteiger partial charge in [0.2, 0.25) is 11.8 Å². The highest BCUT2D eigenvalue weighted by Gasteiger charge is 2.52. The summed E-state index contributed by atoms with van der Waals surface area (Å²) >= 11 is 1.38. The number of amides is 3. The molecule has 0 saturated carbocycles. The van der Waals surface area contributed by atoms with Crippen LogP contribution in [0.2, 0.25) is 0 Å². The summed E-state index contributed by atoms with van der Waals surface area (Å²) in [6, 6.07) is 12.4. The lowest BCUT2D eigenvalue weighted by atomic mass is 10.0. The van der Waals surface area contributed by atoms with Crippen molar-refractivity contribution in [1.82, 2.24) is 15.5 Å². The Morgan fingerprint density at radius 2 is 1.86 bits per heavy atom. The SMILES string of the molecule is CC(NC(=O)[C@@H]1CC2(CN1C(=O)CNC(=O)c1ccc3c(c1)-c1ccccc1C3F)OCCO2)c1cc(C(=N)N)cs1. The first-order valence-corrected chi connectivity index (χ1v) is 14.5. The average Bonchev–Trinajstić information content (AvgIpc) is 3.79. The number of nitrogens with zero attached hydrogens (tertiary/aromatic N) is 1. The topological polar surface area (TPSA) is 147 Å². The molecule has 2 aliphatic heterocycles. The molecule has 1 spiro atoms. The highest BCUT2D eigenvalue weighted by atomic mass is 32.1. The van der Waals surface area contributed by atoms with Crippen molar-refractivity contribution in [2.45, 2.75) is 37.4 Å². The van der Waals surface area contributed by atoms with E-state index in [1.807, 2.05) is 19.1 Å². The molecule has 42 heavy (non-hydrogen) atoms. The van der Waals surface area contributed by atoms with E-state index >= 15 is 0 Å². The molecule has 5 N–H and O–H groups in total. The van der Waals surface area contributed by atoms with Crippen molar-refractivity contribution in [1.29, 1.82) is 5.41 Å². The van der Waals surface area contributed by atoms with E-state index in [4.69, 9.17) is 20.6 Å². The lowest BCUT2D eigenvalue weighted by Gasteiger charge is -2.25. The molecule has 3 amide bonds. The molecular weight excluding hydrogens is 561 g/mol. The second-order valence-electron chi connectivity index (χ2n) is 10.7. The Morgan fingerprint density at radius 1 is 1.12 bits per heavy atom. The molecule has 2 aromatic carbocycles. The zero-order chi connectivity index (χ0) is 29.6. The number of ether oxygens (including phenoxy) is 2. The number of benzene rings is 2. The normalized spacial score (nSPS) is 20.7. The molecule has 1 aliphatic carbocycles. The molecule has 0 radical (unpaired) electrons. The Hall–Kier alpha value is -4.13. The van der Waals surface area contributed by atoms with E-state index in [2.05, 4.69) is 10.6 Å². The highest BCUT2D eigenvalue weighted by molar-refractivity contribution is 7.10. The van der Waals surface area contributed by atoms with Crippen LogP contribution in [-0.2, 0) is 19.1 Å². The predicted octanol–water partition coefficient (Wildman–Crippen LogP) is 3.02. The number of hydrogen-bond acceptors (Lipinski definition) is 7.